The first-order valence-electron chi connectivity index (χ1n) is 12.3. The van der Waals surface area contributed by atoms with Gasteiger partial charge in [-0.1, -0.05) is 25.7 Å². The number of aromatic nitrogens is 2. The van der Waals surface area contributed by atoms with E-state index < -0.39 is 0 Å². The van der Waals surface area contributed by atoms with Crippen molar-refractivity contribution < 1.29 is 14.4 Å². The molecule has 0 radical (unpaired) electrons. The molecule has 4 aromatic rings. The number of amides is 2. The summed E-state index contributed by atoms with van der Waals surface area (Å²) in [6.07, 6.45) is 6.94. The molecule has 0 unspecified atom stereocenters. The number of imidazole rings is 1. The van der Waals surface area contributed by atoms with E-state index in [9.17, 15) is 9.59 Å². The van der Waals surface area contributed by atoms with Gasteiger partial charge in [-0.05, 0) is 79.6 Å². The molecule has 1 aliphatic rings. The molecule has 0 spiro atoms. The Morgan fingerprint density at radius 3 is 2.25 bits per heavy atom. The fraction of sp³-hybridized carbons (Fsp3) is 0.250. The van der Waals surface area contributed by atoms with E-state index in [1.165, 1.54) is 25.7 Å². The van der Waals surface area contributed by atoms with Crippen molar-refractivity contribution in [1.82, 2.24) is 15.3 Å². The van der Waals surface area contributed by atoms with Crippen LogP contribution in [0.2, 0.25) is 0 Å². The second-order valence-corrected chi connectivity index (χ2v) is 9.15. The van der Waals surface area contributed by atoms with E-state index in [-0.39, 0.29) is 17.9 Å². The molecule has 5 rings (SSSR count). The summed E-state index contributed by atoms with van der Waals surface area (Å²) in [5.74, 6) is 6.02. The molecule has 1 aliphatic carbocycles. The van der Waals surface area contributed by atoms with Crippen molar-refractivity contribution in [2.75, 3.05) is 5.32 Å². The lowest BCUT2D eigenvalue weighted by Gasteiger charge is -2.16. The molecule has 8 nitrogen and oxygen atoms in total. The molecule has 0 bridgehead atoms. The van der Waals surface area contributed by atoms with E-state index in [4.69, 9.17) is 10.9 Å². The number of carbonyl (C=O) groups is 2. The summed E-state index contributed by atoms with van der Waals surface area (Å²) in [5.41, 5.74) is 4.25. The van der Waals surface area contributed by atoms with Crippen LogP contribution in [0.25, 0.3) is 22.4 Å². The first-order valence-corrected chi connectivity index (χ1v) is 12.3. The van der Waals surface area contributed by atoms with Crippen LogP contribution in [0.4, 0.5) is 5.69 Å². The molecule has 3 aromatic carbocycles. The maximum atomic E-state index is 12.8. The highest BCUT2D eigenvalue weighted by molar-refractivity contribution is 6.04. The number of aromatic amines is 1. The Labute approximate surface area is 209 Å². The smallest absolute Gasteiger partial charge is 0.255 e. The number of nitrogens with two attached hydrogens (primary N) is 1. The molecule has 1 saturated carbocycles. The van der Waals surface area contributed by atoms with Crippen molar-refractivity contribution in [1.29, 1.82) is 0 Å². The number of hydrogen-bond acceptors (Lipinski definition) is 5. The molecule has 36 heavy (non-hydrogen) atoms. The van der Waals surface area contributed by atoms with Gasteiger partial charge < -0.3 is 20.5 Å². The van der Waals surface area contributed by atoms with Crippen LogP contribution in [-0.2, 0) is 0 Å². The van der Waals surface area contributed by atoms with Crippen molar-refractivity contribution in [3.05, 3.63) is 77.9 Å². The van der Waals surface area contributed by atoms with Crippen LogP contribution < -0.4 is 21.4 Å². The van der Waals surface area contributed by atoms with E-state index in [0.29, 0.717) is 28.4 Å². The SMILES string of the molecule is NOc1ccc(C(=O)Nc2ccc(-c3nc4cc(C(=O)NC5CCCCCC5)ccc4[nH]3)cc2)cc1. The van der Waals surface area contributed by atoms with E-state index in [1.54, 1.807) is 24.3 Å². The number of nitrogens with one attached hydrogen (secondary N) is 3. The Morgan fingerprint density at radius 2 is 1.56 bits per heavy atom. The Hall–Kier alpha value is -4.17. The molecule has 8 heteroatoms. The lowest BCUT2D eigenvalue weighted by atomic mass is 10.1. The van der Waals surface area contributed by atoms with Crippen LogP contribution in [0, 0.1) is 0 Å². The zero-order chi connectivity index (χ0) is 24.9. The quantitative estimate of drug-likeness (QED) is 0.222. The van der Waals surface area contributed by atoms with Gasteiger partial charge in [0, 0.05) is 28.4 Å². The van der Waals surface area contributed by atoms with Gasteiger partial charge in [0.1, 0.15) is 11.6 Å². The monoisotopic (exact) mass is 483 g/mol. The molecular weight excluding hydrogens is 454 g/mol. The molecule has 0 aliphatic heterocycles. The minimum atomic E-state index is -0.232. The van der Waals surface area contributed by atoms with Gasteiger partial charge in [0.05, 0.1) is 11.0 Å². The Morgan fingerprint density at radius 1 is 0.861 bits per heavy atom. The van der Waals surface area contributed by atoms with Gasteiger partial charge in [0.25, 0.3) is 11.8 Å². The van der Waals surface area contributed by atoms with Crippen molar-refractivity contribution in [2.24, 2.45) is 5.90 Å². The highest BCUT2D eigenvalue weighted by Gasteiger charge is 2.17. The van der Waals surface area contributed by atoms with E-state index in [2.05, 4.69) is 20.5 Å². The zero-order valence-corrected chi connectivity index (χ0v) is 19.9. The van der Waals surface area contributed by atoms with Crippen molar-refractivity contribution >= 4 is 28.5 Å². The van der Waals surface area contributed by atoms with Crippen LogP contribution in [0.15, 0.2) is 66.7 Å². The number of fused-ring (bicyclic) bond motifs is 1. The Kier molecular flexibility index (Phi) is 6.95. The van der Waals surface area contributed by atoms with Crippen LogP contribution in [-0.4, -0.2) is 27.8 Å². The lowest BCUT2D eigenvalue weighted by molar-refractivity contribution is 0.0932. The predicted molar refractivity (Wildman–Crippen MR) is 140 cm³/mol. The first-order chi connectivity index (χ1) is 17.6. The van der Waals surface area contributed by atoms with Gasteiger partial charge in [0.2, 0.25) is 0 Å². The molecule has 0 saturated heterocycles. The minimum absolute atomic E-state index is 0.0429. The number of anilines is 1. The summed E-state index contributed by atoms with van der Waals surface area (Å²) in [6.45, 7) is 0. The first kappa shape index (κ1) is 23.6. The second kappa shape index (κ2) is 10.6. The van der Waals surface area contributed by atoms with Gasteiger partial charge in [-0.2, -0.15) is 5.90 Å². The zero-order valence-electron chi connectivity index (χ0n) is 19.9. The number of hydrogen-bond donors (Lipinski definition) is 4. The minimum Gasteiger partial charge on any atom is -0.412 e. The van der Waals surface area contributed by atoms with E-state index in [0.717, 1.165) is 29.4 Å². The fourth-order valence-corrected chi connectivity index (χ4v) is 4.58. The molecule has 5 N–H and O–H groups in total. The third-order valence-corrected chi connectivity index (χ3v) is 6.60. The summed E-state index contributed by atoms with van der Waals surface area (Å²) in [7, 11) is 0. The van der Waals surface area contributed by atoms with E-state index >= 15 is 0 Å². The Balaban J connectivity index is 1.26. The normalized spacial score (nSPS) is 14.2. The maximum absolute atomic E-state index is 12.8. The number of nitrogens with zero attached hydrogens (tertiary/aromatic N) is 1. The average molecular weight is 484 g/mol. The van der Waals surface area contributed by atoms with Crippen LogP contribution >= 0.6 is 0 Å². The number of H-pyrrole nitrogens is 1. The fourth-order valence-electron chi connectivity index (χ4n) is 4.58. The summed E-state index contributed by atoms with van der Waals surface area (Å²) in [5, 5.41) is 6.07. The summed E-state index contributed by atoms with van der Waals surface area (Å²) in [6, 6.07) is 19.8. The molecule has 1 heterocycles. The summed E-state index contributed by atoms with van der Waals surface area (Å²) in [4.78, 5) is 37.9. The molecular formula is C28H29N5O3. The number of rotatable bonds is 6. The predicted octanol–water partition coefficient (Wildman–Crippen LogP) is 5.19. The maximum Gasteiger partial charge on any atom is 0.255 e. The molecule has 184 valence electrons. The number of carbonyl (C=O) groups excluding carboxylic acids is 2. The van der Waals surface area contributed by atoms with Crippen LogP contribution in [0.3, 0.4) is 0 Å². The molecule has 0 atom stereocenters. The lowest BCUT2D eigenvalue weighted by Crippen LogP contribution is -2.34. The summed E-state index contributed by atoms with van der Waals surface area (Å²) < 4.78 is 0. The molecule has 1 fully saturated rings. The molecule has 2 amide bonds. The highest BCUT2D eigenvalue weighted by Crippen LogP contribution is 2.24. The Bertz CT molecular complexity index is 1350. The summed E-state index contributed by atoms with van der Waals surface area (Å²) >= 11 is 0. The van der Waals surface area contributed by atoms with Crippen molar-refractivity contribution in [3.63, 3.8) is 0 Å². The van der Waals surface area contributed by atoms with Crippen LogP contribution in [0.1, 0.15) is 59.2 Å². The largest absolute Gasteiger partial charge is 0.412 e. The highest BCUT2D eigenvalue weighted by atomic mass is 16.6. The second-order valence-electron chi connectivity index (χ2n) is 9.15. The average Bonchev–Trinajstić information content (AvgIpc) is 3.17. The van der Waals surface area contributed by atoms with Gasteiger partial charge in [-0.15, -0.1) is 0 Å². The topological polar surface area (TPSA) is 122 Å². The van der Waals surface area contributed by atoms with Gasteiger partial charge in [-0.25, -0.2) is 4.98 Å². The van der Waals surface area contributed by atoms with Gasteiger partial charge >= 0.3 is 0 Å². The van der Waals surface area contributed by atoms with Gasteiger partial charge in [0.15, 0.2) is 0 Å². The van der Waals surface area contributed by atoms with Crippen LogP contribution in [0.5, 0.6) is 5.75 Å². The van der Waals surface area contributed by atoms with Crippen molar-refractivity contribution in [2.45, 2.75) is 44.6 Å². The van der Waals surface area contributed by atoms with Gasteiger partial charge in [-0.3, -0.25) is 9.59 Å². The molecule has 1 aromatic heterocycles. The van der Waals surface area contributed by atoms with Crippen molar-refractivity contribution in [3.8, 4) is 17.1 Å². The number of benzene rings is 3. The third-order valence-electron chi connectivity index (χ3n) is 6.60. The standard InChI is InChI=1S/C28H29N5O3/c29-36-23-14-9-19(10-15-23)27(34)31-22-12-7-18(8-13-22)26-32-24-16-11-20(17-25(24)33-26)28(35)30-21-5-3-1-2-4-6-21/h7-17,21H,1-6,29H2,(H,30,35)(H,31,34)(H,32,33). The third kappa shape index (κ3) is 5.39. The van der Waals surface area contributed by atoms with E-state index in [1.807, 2.05) is 42.5 Å².